The quantitative estimate of drug-likeness (QED) is 0.171. The van der Waals surface area contributed by atoms with Crippen molar-refractivity contribution in [3.05, 3.63) is 187 Å². The minimum absolute atomic E-state index is 0.114. The fourth-order valence-corrected chi connectivity index (χ4v) is 11.1. The van der Waals surface area contributed by atoms with E-state index in [9.17, 15) is 0 Å². The molecular formula is C51H35NS2. The highest BCUT2D eigenvalue weighted by atomic mass is 32.1. The van der Waals surface area contributed by atoms with Crippen LogP contribution in [-0.2, 0) is 5.41 Å². The van der Waals surface area contributed by atoms with Crippen molar-refractivity contribution in [1.29, 1.82) is 0 Å². The van der Waals surface area contributed by atoms with Crippen molar-refractivity contribution in [3.8, 4) is 33.4 Å². The lowest BCUT2D eigenvalue weighted by Gasteiger charge is -2.30. The zero-order valence-corrected chi connectivity index (χ0v) is 31.6. The second kappa shape index (κ2) is 12.0. The van der Waals surface area contributed by atoms with E-state index in [0.717, 1.165) is 11.4 Å². The minimum atomic E-state index is -0.114. The molecule has 54 heavy (non-hydrogen) atoms. The van der Waals surface area contributed by atoms with Crippen LogP contribution in [0.5, 0.6) is 0 Å². The van der Waals surface area contributed by atoms with Gasteiger partial charge in [-0.15, -0.1) is 22.7 Å². The van der Waals surface area contributed by atoms with E-state index in [1.165, 1.54) is 90.5 Å². The molecule has 3 heteroatoms. The molecule has 0 aliphatic heterocycles. The number of hydrogen-bond donors (Lipinski definition) is 0. The number of anilines is 3. The van der Waals surface area contributed by atoms with Crippen LogP contribution in [0.2, 0.25) is 0 Å². The topological polar surface area (TPSA) is 3.24 Å². The van der Waals surface area contributed by atoms with Gasteiger partial charge in [0.15, 0.2) is 0 Å². The molecule has 0 fully saturated rings. The maximum absolute atomic E-state index is 2.50. The predicted molar refractivity (Wildman–Crippen MR) is 235 cm³/mol. The highest BCUT2D eigenvalue weighted by Gasteiger charge is 2.36. The van der Waals surface area contributed by atoms with E-state index in [1.54, 1.807) is 0 Å². The summed E-state index contributed by atoms with van der Waals surface area (Å²) in [6.07, 6.45) is 0. The van der Waals surface area contributed by atoms with Crippen molar-refractivity contribution in [2.75, 3.05) is 4.90 Å². The molecule has 2 aromatic heterocycles. The summed E-state index contributed by atoms with van der Waals surface area (Å²) in [6.45, 7) is 4.74. The smallest absolute Gasteiger partial charge is 0.0554 e. The van der Waals surface area contributed by atoms with E-state index in [2.05, 4.69) is 195 Å². The molecule has 0 atom stereocenters. The van der Waals surface area contributed by atoms with Crippen LogP contribution >= 0.6 is 22.7 Å². The first-order chi connectivity index (χ1) is 26.5. The van der Waals surface area contributed by atoms with Crippen molar-refractivity contribution in [2.24, 2.45) is 0 Å². The summed E-state index contributed by atoms with van der Waals surface area (Å²) in [6, 6.07) is 65.2. The average molecular weight is 726 g/mol. The first-order valence-electron chi connectivity index (χ1n) is 18.6. The number of nitrogens with zero attached hydrogens (tertiary/aromatic N) is 1. The Balaban J connectivity index is 1.19. The summed E-state index contributed by atoms with van der Waals surface area (Å²) < 4.78 is 5.30. The maximum Gasteiger partial charge on any atom is 0.0554 e. The van der Waals surface area contributed by atoms with Crippen molar-refractivity contribution < 1.29 is 0 Å². The van der Waals surface area contributed by atoms with Crippen LogP contribution in [0.3, 0.4) is 0 Å². The van der Waals surface area contributed by atoms with Gasteiger partial charge in [-0.2, -0.15) is 0 Å². The number of benzene rings is 8. The molecule has 1 aliphatic carbocycles. The largest absolute Gasteiger partial charge is 0.310 e. The Morgan fingerprint density at radius 3 is 1.76 bits per heavy atom. The van der Waals surface area contributed by atoms with Gasteiger partial charge in [-0.05, 0) is 93.5 Å². The summed E-state index contributed by atoms with van der Waals surface area (Å²) in [7, 11) is 0. The Morgan fingerprint density at radius 2 is 0.981 bits per heavy atom. The molecule has 0 bridgehead atoms. The fraction of sp³-hybridized carbons (Fsp3) is 0.0588. The van der Waals surface area contributed by atoms with E-state index in [1.807, 2.05) is 22.7 Å². The first-order valence-corrected chi connectivity index (χ1v) is 20.2. The van der Waals surface area contributed by atoms with Gasteiger partial charge in [0.25, 0.3) is 0 Å². The number of thiophene rings is 2. The monoisotopic (exact) mass is 725 g/mol. The Labute approximate surface area is 323 Å². The van der Waals surface area contributed by atoms with Gasteiger partial charge in [0, 0.05) is 62.7 Å². The van der Waals surface area contributed by atoms with Gasteiger partial charge in [-0.25, -0.2) is 0 Å². The molecule has 0 spiro atoms. The molecule has 0 unspecified atom stereocenters. The number of hydrogen-bond acceptors (Lipinski definition) is 3. The van der Waals surface area contributed by atoms with Gasteiger partial charge in [-0.1, -0.05) is 135 Å². The molecule has 8 aromatic carbocycles. The molecule has 0 saturated carbocycles. The van der Waals surface area contributed by atoms with Crippen LogP contribution in [0.15, 0.2) is 176 Å². The normalized spacial score (nSPS) is 13.1. The Hall–Kier alpha value is -6.00. The number of rotatable bonds is 5. The van der Waals surface area contributed by atoms with Crippen LogP contribution < -0.4 is 4.90 Å². The highest BCUT2D eigenvalue weighted by molar-refractivity contribution is 7.28. The average Bonchev–Trinajstić information content (AvgIpc) is 3.85. The third-order valence-electron chi connectivity index (χ3n) is 11.5. The second-order valence-corrected chi connectivity index (χ2v) is 17.1. The fourth-order valence-electron chi connectivity index (χ4n) is 8.84. The van der Waals surface area contributed by atoms with Crippen LogP contribution in [0.1, 0.15) is 25.0 Å². The van der Waals surface area contributed by atoms with Crippen molar-refractivity contribution in [3.63, 3.8) is 0 Å². The summed E-state index contributed by atoms with van der Waals surface area (Å²) in [5, 5.41) is 5.40. The lowest BCUT2D eigenvalue weighted by atomic mass is 9.82. The highest BCUT2D eigenvalue weighted by Crippen LogP contribution is 2.53. The Bertz CT molecular complexity index is 3060. The summed E-state index contributed by atoms with van der Waals surface area (Å²) in [4.78, 5) is 2.50. The lowest BCUT2D eigenvalue weighted by molar-refractivity contribution is 0.660. The molecule has 256 valence electrons. The first kappa shape index (κ1) is 31.5. The van der Waals surface area contributed by atoms with E-state index >= 15 is 0 Å². The zero-order valence-electron chi connectivity index (χ0n) is 30.0. The summed E-state index contributed by atoms with van der Waals surface area (Å²) >= 11 is 3.80. The van der Waals surface area contributed by atoms with E-state index < -0.39 is 0 Å². The molecule has 0 amide bonds. The van der Waals surface area contributed by atoms with E-state index in [4.69, 9.17) is 0 Å². The van der Waals surface area contributed by atoms with E-state index in [0.29, 0.717) is 0 Å². The third kappa shape index (κ3) is 4.75. The molecule has 0 N–H and O–H groups in total. The van der Waals surface area contributed by atoms with E-state index in [-0.39, 0.29) is 5.41 Å². The van der Waals surface area contributed by atoms with Crippen molar-refractivity contribution in [1.82, 2.24) is 0 Å². The minimum Gasteiger partial charge on any atom is -0.310 e. The SMILES string of the molecule is CC1(C)c2ccccc2-c2ccc(N(c3ccc(-c4ccccc4)cc3)c3cc4sc5ccc6sc7ccccc7c6c5c4cc3-c3ccccc3)cc21. The molecule has 11 rings (SSSR count). The maximum atomic E-state index is 2.50. The predicted octanol–water partition coefficient (Wildman–Crippen LogP) is 15.5. The summed E-state index contributed by atoms with van der Waals surface area (Å²) in [5.74, 6) is 0. The Morgan fingerprint density at radius 1 is 0.389 bits per heavy atom. The molecule has 10 aromatic rings. The standard InChI is InChI=1S/C51H35NS2/c1-51(2)42-19-11-9-17-37(42)38-26-25-36(29-43(38)51)52(35-23-21-33(22-24-35)32-13-5-3-6-14-32)44-31-48-41(30-40(44)34-15-7-4-8-16-34)50-47(54-48)28-27-46-49(50)39-18-10-12-20-45(39)53-46/h3-31H,1-2H3. The molecule has 1 nitrogen and oxygen atoms in total. The molecule has 0 saturated heterocycles. The van der Waals surface area contributed by atoms with Gasteiger partial charge < -0.3 is 4.90 Å². The molecule has 2 heterocycles. The van der Waals surface area contributed by atoms with Gasteiger partial charge in [0.2, 0.25) is 0 Å². The molecule has 1 aliphatic rings. The van der Waals surface area contributed by atoms with Crippen LogP contribution in [0, 0.1) is 0 Å². The van der Waals surface area contributed by atoms with Crippen LogP contribution in [0.4, 0.5) is 17.1 Å². The Kier molecular flexibility index (Phi) is 7.01. The zero-order chi connectivity index (χ0) is 36.0. The van der Waals surface area contributed by atoms with Crippen molar-refractivity contribution >= 4 is 80.1 Å². The van der Waals surface area contributed by atoms with Gasteiger partial charge in [0.1, 0.15) is 0 Å². The summed E-state index contributed by atoms with van der Waals surface area (Å²) in [5.41, 5.74) is 13.6. The third-order valence-corrected chi connectivity index (χ3v) is 13.7. The van der Waals surface area contributed by atoms with Gasteiger partial charge >= 0.3 is 0 Å². The van der Waals surface area contributed by atoms with Crippen LogP contribution in [0.25, 0.3) is 73.7 Å². The second-order valence-electron chi connectivity index (χ2n) is 14.9. The number of fused-ring (bicyclic) bond motifs is 10. The molecular weight excluding hydrogens is 691 g/mol. The lowest BCUT2D eigenvalue weighted by Crippen LogP contribution is -2.16. The van der Waals surface area contributed by atoms with Gasteiger partial charge in [-0.3, -0.25) is 0 Å². The van der Waals surface area contributed by atoms with Crippen molar-refractivity contribution in [2.45, 2.75) is 19.3 Å². The van der Waals surface area contributed by atoms with Crippen LogP contribution in [-0.4, -0.2) is 0 Å². The van der Waals surface area contributed by atoms with Gasteiger partial charge in [0.05, 0.1) is 5.69 Å². The molecule has 0 radical (unpaired) electrons.